The first kappa shape index (κ1) is 16.5. The van der Waals surface area contributed by atoms with Crippen LogP contribution in [0.15, 0.2) is 24.3 Å². The lowest BCUT2D eigenvalue weighted by atomic mass is 10.1. The Kier molecular flexibility index (Phi) is 6.47. The highest BCUT2D eigenvalue weighted by Gasteiger charge is 2.14. The number of para-hydroxylation sites is 1. The van der Waals surface area contributed by atoms with Crippen LogP contribution in [0, 0.1) is 0 Å². The zero-order chi connectivity index (χ0) is 15.0. The minimum absolute atomic E-state index is 0.0383. The molecule has 0 radical (unpaired) electrons. The Bertz CT molecular complexity index is 544. The fraction of sp³-hybridized carbons (Fsp3) is 0.462. The highest BCUT2D eigenvalue weighted by Crippen LogP contribution is 2.16. The summed E-state index contributed by atoms with van der Waals surface area (Å²) in [5.74, 6) is -0.332. The minimum atomic E-state index is -3.40. The summed E-state index contributed by atoms with van der Waals surface area (Å²) in [7, 11) is -3.40. The van der Waals surface area contributed by atoms with Crippen LogP contribution in [0.1, 0.15) is 24.2 Å². The van der Waals surface area contributed by atoms with E-state index in [2.05, 4.69) is 15.4 Å². The second kappa shape index (κ2) is 7.86. The number of carbonyl (C=O) groups excluding carboxylic acids is 1. The Hall–Kier alpha value is -1.60. The van der Waals surface area contributed by atoms with Crippen LogP contribution in [-0.4, -0.2) is 39.7 Å². The van der Waals surface area contributed by atoms with Gasteiger partial charge in [0.1, 0.15) is 0 Å². The number of anilines is 1. The van der Waals surface area contributed by atoms with Crippen molar-refractivity contribution in [2.45, 2.75) is 13.8 Å². The second-order valence-corrected chi connectivity index (χ2v) is 6.17. The van der Waals surface area contributed by atoms with Crippen LogP contribution in [0.4, 0.5) is 5.69 Å². The largest absolute Gasteiger partial charge is 0.351 e. The van der Waals surface area contributed by atoms with E-state index in [1.807, 2.05) is 6.92 Å². The smallest absolute Gasteiger partial charge is 0.253 e. The zero-order valence-electron chi connectivity index (χ0n) is 11.8. The first-order valence-electron chi connectivity index (χ1n) is 6.58. The predicted octanol–water partition coefficient (Wildman–Crippen LogP) is 0.787. The number of rotatable bonds is 8. The monoisotopic (exact) mass is 299 g/mol. The van der Waals surface area contributed by atoms with E-state index in [1.165, 1.54) is 0 Å². The molecule has 0 unspecified atom stereocenters. The third-order valence-corrected chi connectivity index (χ3v) is 3.95. The summed E-state index contributed by atoms with van der Waals surface area (Å²) in [6.45, 7) is 5.52. The summed E-state index contributed by atoms with van der Waals surface area (Å²) >= 11 is 0. The van der Waals surface area contributed by atoms with Crippen LogP contribution in [0.5, 0.6) is 0 Å². The predicted molar refractivity (Wildman–Crippen MR) is 80.4 cm³/mol. The highest BCUT2D eigenvalue weighted by molar-refractivity contribution is 7.92. The summed E-state index contributed by atoms with van der Waals surface area (Å²) in [6, 6.07) is 6.55. The van der Waals surface area contributed by atoms with Crippen molar-refractivity contribution in [3.05, 3.63) is 29.8 Å². The number of carbonyl (C=O) groups is 1. The van der Waals surface area contributed by atoms with Crippen molar-refractivity contribution in [1.29, 1.82) is 0 Å². The van der Waals surface area contributed by atoms with Crippen molar-refractivity contribution in [1.82, 2.24) is 10.6 Å². The number of likely N-dealkylation sites (N-methyl/N-ethyl adjacent to an activating group) is 1. The van der Waals surface area contributed by atoms with Crippen LogP contribution in [-0.2, 0) is 10.0 Å². The molecule has 7 heteroatoms. The third-order valence-electron chi connectivity index (χ3n) is 2.65. The molecule has 0 fully saturated rings. The summed E-state index contributed by atoms with van der Waals surface area (Å²) in [5.41, 5.74) is 0.622. The first-order chi connectivity index (χ1) is 9.50. The molecule has 0 aromatic heterocycles. The molecule has 1 aromatic carbocycles. The molecular formula is C13H21N3O3S. The van der Waals surface area contributed by atoms with Gasteiger partial charge in [0.25, 0.3) is 5.91 Å². The van der Waals surface area contributed by atoms with E-state index in [0.717, 1.165) is 6.54 Å². The molecule has 0 atom stereocenters. The molecule has 20 heavy (non-hydrogen) atoms. The Balaban J connectivity index is 2.77. The topological polar surface area (TPSA) is 87.3 Å². The average Bonchev–Trinajstić information content (AvgIpc) is 2.43. The molecule has 0 aliphatic carbocycles. The minimum Gasteiger partial charge on any atom is -0.351 e. The highest BCUT2D eigenvalue weighted by atomic mass is 32.2. The summed E-state index contributed by atoms with van der Waals surface area (Å²) in [5, 5.41) is 5.83. The van der Waals surface area contributed by atoms with Crippen molar-refractivity contribution in [3.8, 4) is 0 Å². The van der Waals surface area contributed by atoms with Crippen molar-refractivity contribution in [3.63, 3.8) is 0 Å². The number of nitrogens with one attached hydrogen (secondary N) is 3. The summed E-state index contributed by atoms with van der Waals surface area (Å²) in [6.07, 6.45) is 0. The molecule has 1 rings (SSSR count). The van der Waals surface area contributed by atoms with Crippen LogP contribution in [0.25, 0.3) is 0 Å². The van der Waals surface area contributed by atoms with Crippen molar-refractivity contribution in [2.24, 2.45) is 0 Å². The van der Waals surface area contributed by atoms with Crippen molar-refractivity contribution >= 4 is 21.6 Å². The lowest BCUT2D eigenvalue weighted by Gasteiger charge is -2.12. The van der Waals surface area contributed by atoms with Gasteiger partial charge in [-0.3, -0.25) is 9.52 Å². The van der Waals surface area contributed by atoms with Gasteiger partial charge in [-0.2, -0.15) is 0 Å². The molecule has 1 amide bonds. The van der Waals surface area contributed by atoms with Gasteiger partial charge in [-0.15, -0.1) is 0 Å². The number of benzene rings is 1. The van der Waals surface area contributed by atoms with E-state index in [9.17, 15) is 13.2 Å². The second-order valence-electron chi connectivity index (χ2n) is 4.16. The van der Waals surface area contributed by atoms with Crippen LogP contribution < -0.4 is 15.4 Å². The third kappa shape index (κ3) is 5.18. The zero-order valence-corrected chi connectivity index (χ0v) is 12.6. The molecule has 0 saturated carbocycles. The van der Waals surface area contributed by atoms with E-state index >= 15 is 0 Å². The lowest BCUT2D eigenvalue weighted by Crippen LogP contribution is -2.32. The molecule has 0 bridgehead atoms. The molecule has 6 nitrogen and oxygen atoms in total. The first-order valence-corrected chi connectivity index (χ1v) is 8.23. The van der Waals surface area contributed by atoms with E-state index in [1.54, 1.807) is 31.2 Å². The molecule has 0 saturated heterocycles. The Morgan fingerprint density at radius 3 is 2.50 bits per heavy atom. The van der Waals surface area contributed by atoms with Crippen LogP contribution in [0.2, 0.25) is 0 Å². The Labute approximate surface area is 120 Å². The number of hydrogen-bond donors (Lipinski definition) is 3. The quantitative estimate of drug-likeness (QED) is 0.619. The van der Waals surface area contributed by atoms with Gasteiger partial charge in [-0.25, -0.2) is 8.42 Å². The van der Waals surface area contributed by atoms with Crippen molar-refractivity contribution < 1.29 is 13.2 Å². The molecule has 1 aromatic rings. The summed E-state index contributed by atoms with van der Waals surface area (Å²) < 4.78 is 25.6. The fourth-order valence-electron chi connectivity index (χ4n) is 1.55. The maximum atomic E-state index is 12.0. The molecule has 112 valence electrons. The number of amides is 1. The van der Waals surface area contributed by atoms with Crippen LogP contribution in [0.3, 0.4) is 0 Å². The normalized spacial score (nSPS) is 11.1. The maximum absolute atomic E-state index is 12.0. The van der Waals surface area contributed by atoms with Gasteiger partial charge in [0, 0.05) is 13.1 Å². The lowest BCUT2D eigenvalue weighted by molar-refractivity contribution is 0.0955. The van der Waals surface area contributed by atoms with Crippen molar-refractivity contribution in [2.75, 3.05) is 30.1 Å². The fourth-order valence-corrected chi connectivity index (χ4v) is 2.20. The Morgan fingerprint density at radius 1 is 1.15 bits per heavy atom. The number of sulfonamides is 1. The van der Waals surface area contributed by atoms with Gasteiger partial charge in [0.15, 0.2) is 0 Å². The summed E-state index contributed by atoms with van der Waals surface area (Å²) in [4.78, 5) is 12.0. The van der Waals surface area contributed by atoms with Crippen LogP contribution >= 0.6 is 0 Å². The van der Waals surface area contributed by atoms with Gasteiger partial charge in [0.05, 0.1) is 17.0 Å². The van der Waals surface area contributed by atoms with Gasteiger partial charge in [-0.1, -0.05) is 19.1 Å². The van der Waals surface area contributed by atoms with E-state index in [0.29, 0.717) is 24.3 Å². The molecule has 0 heterocycles. The van der Waals surface area contributed by atoms with Gasteiger partial charge >= 0.3 is 0 Å². The van der Waals surface area contributed by atoms with Gasteiger partial charge in [-0.05, 0) is 25.6 Å². The number of hydrogen-bond acceptors (Lipinski definition) is 4. The maximum Gasteiger partial charge on any atom is 0.253 e. The molecule has 0 aliphatic heterocycles. The molecular weight excluding hydrogens is 278 g/mol. The molecule has 0 aliphatic rings. The molecule has 3 N–H and O–H groups in total. The Morgan fingerprint density at radius 2 is 1.85 bits per heavy atom. The van der Waals surface area contributed by atoms with E-state index in [-0.39, 0.29) is 11.7 Å². The average molecular weight is 299 g/mol. The van der Waals surface area contributed by atoms with Gasteiger partial charge in [0.2, 0.25) is 10.0 Å². The standard InChI is InChI=1S/C13H21N3O3S/c1-3-14-9-10-15-13(17)11-7-5-6-8-12(11)16-20(18,19)4-2/h5-8,14,16H,3-4,9-10H2,1-2H3,(H,15,17). The SMILES string of the molecule is CCNCCNC(=O)c1ccccc1NS(=O)(=O)CC. The van der Waals surface area contributed by atoms with E-state index in [4.69, 9.17) is 0 Å². The molecule has 0 spiro atoms. The van der Waals surface area contributed by atoms with Gasteiger partial charge < -0.3 is 10.6 Å². The van der Waals surface area contributed by atoms with E-state index < -0.39 is 10.0 Å².